The molecule has 134 valence electrons. The van der Waals surface area contributed by atoms with E-state index in [1.54, 1.807) is 19.2 Å². The molecule has 0 aliphatic rings. The third kappa shape index (κ3) is 4.89. The fraction of sp³-hybridized carbons (Fsp3) is 0.200. The first-order valence-corrected chi connectivity index (χ1v) is 9.12. The van der Waals surface area contributed by atoms with Crippen molar-refractivity contribution in [3.8, 4) is 16.3 Å². The largest absolute Gasteiger partial charge is 0.497 e. The van der Waals surface area contributed by atoms with Crippen LogP contribution < -0.4 is 10.1 Å². The zero-order chi connectivity index (χ0) is 18.4. The highest BCUT2D eigenvalue weighted by Gasteiger charge is 2.09. The van der Waals surface area contributed by atoms with Gasteiger partial charge in [0.2, 0.25) is 5.91 Å². The van der Waals surface area contributed by atoms with Crippen molar-refractivity contribution in [1.82, 2.24) is 10.3 Å². The van der Waals surface area contributed by atoms with Crippen molar-refractivity contribution >= 4 is 17.2 Å². The summed E-state index contributed by atoms with van der Waals surface area (Å²) in [5, 5.41) is 5.45. The average Bonchev–Trinajstić information content (AvgIpc) is 3.11. The van der Waals surface area contributed by atoms with Gasteiger partial charge in [-0.3, -0.25) is 4.79 Å². The SMILES string of the molecule is COc1ccc(CCNC(=O)Cc2csc(-c3cccc(F)c3)n2)cc1. The van der Waals surface area contributed by atoms with Gasteiger partial charge >= 0.3 is 0 Å². The van der Waals surface area contributed by atoms with Crippen LogP contribution >= 0.6 is 11.3 Å². The van der Waals surface area contributed by atoms with E-state index in [4.69, 9.17) is 4.74 Å². The van der Waals surface area contributed by atoms with Gasteiger partial charge in [0.15, 0.2) is 0 Å². The van der Waals surface area contributed by atoms with E-state index < -0.39 is 0 Å². The summed E-state index contributed by atoms with van der Waals surface area (Å²) in [6, 6.07) is 14.1. The summed E-state index contributed by atoms with van der Waals surface area (Å²) in [5.41, 5.74) is 2.55. The molecule has 0 saturated heterocycles. The van der Waals surface area contributed by atoms with E-state index in [0.29, 0.717) is 17.2 Å². The topological polar surface area (TPSA) is 51.2 Å². The number of thiazole rings is 1. The van der Waals surface area contributed by atoms with E-state index in [1.807, 2.05) is 29.6 Å². The number of carbonyl (C=O) groups is 1. The van der Waals surface area contributed by atoms with Gasteiger partial charge in [0, 0.05) is 17.5 Å². The molecule has 4 nitrogen and oxygen atoms in total. The van der Waals surface area contributed by atoms with Crippen LogP contribution in [0.4, 0.5) is 4.39 Å². The Morgan fingerprint density at radius 3 is 2.77 bits per heavy atom. The van der Waals surface area contributed by atoms with E-state index in [-0.39, 0.29) is 18.1 Å². The molecule has 3 rings (SSSR count). The number of hydrogen-bond acceptors (Lipinski definition) is 4. The van der Waals surface area contributed by atoms with Crippen molar-refractivity contribution in [1.29, 1.82) is 0 Å². The van der Waals surface area contributed by atoms with Crippen molar-refractivity contribution < 1.29 is 13.9 Å². The minimum absolute atomic E-state index is 0.0744. The summed E-state index contributed by atoms with van der Waals surface area (Å²) < 4.78 is 18.4. The van der Waals surface area contributed by atoms with Gasteiger partial charge in [0.25, 0.3) is 0 Å². The van der Waals surface area contributed by atoms with E-state index in [0.717, 1.165) is 23.3 Å². The molecular weight excluding hydrogens is 351 g/mol. The van der Waals surface area contributed by atoms with Gasteiger partial charge in [-0.25, -0.2) is 9.37 Å². The molecule has 0 radical (unpaired) electrons. The molecule has 0 bridgehead atoms. The van der Waals surface area contributed by atoms with E-state index >= 15 is 0 Å². The van der Waals surface area contributed by atoms with Crippen molar-refractivity contribution in [2.45, 2.75) is 12.8 Å². The van der Waals surface area contributed by atoms with Gasteiger partial charge in [-0.15, -0.1) is 11.3 Å². The van der Waals surface area contributed by atoms with Gasteiger partial charge in [0.1, 0.15) is 16.6 Å². The first-order chi connectivity index (χ1) is 12.6. The standard InChI is InChI=1S/C20H19FN2O2S/c1-25-18-7-5-14(6-8-18)9-10-22-19(24)12-17-13-26-20(23-17)15-3-2-4-16(21)11-15/h2-8,11,13H,9-10,12H2,1H3,(H,22,24). The molecule has 2 aromatic carbocycles. The first kappa shape index (κ1) is 18.1. The Hall–Kier alpha value is -2.73. The number of rotatable bonds is 7. The Labute approximate surface area is 155 Å². The van der Waals surface area contributed by atoms with Crippen LogP contribution in [0, 0.1) is 5.82 Å². The average molecular weight is 370 g/mol. The van der Waals surface area contributed by atoms with E-state index in [1.165, 1.54) is 23.5 Å². The Morgan fingerprint density at radius 2 is 2.04 bits per heavy atom. The number of carbonyl (C=O) groups excluding carboxylic acids is 1. The van der Waals surface area contributed by atoms with Crippen molar-refractivity contribution in [2.75, 3.05) is 13.7 Å². The maximum absolute atomic E-state index is 13.3. The Balaban J connectivity index is 1.49. The molecular formula is C20H19FN2O2S. The zero-order valence-corrected chi connectivity index (χ0v) is 15.2. The van der Waals surface area contributed by atoms with Crippen LogP contribution in [0.3, 0.4) is 0 Å². The van der Waals surface area contributed by atoms with Crippen LogP contribution in [0.2, 0.25) is 0 Å². The Morgan fingerprint density at radius 1 is 1.23 bits per heavy atom. The Bertz CT molecular complexity index is 878. The summed E-state index contributed by atoms with van der Waals surface area (Å²) in [5.74, 6) is 0.445. The number of benzene rings is 2. The fourth-order valence-corrected chi connectivity index (χ4v) is 3.32. The number of nitrogens with one attached hydrogen (secondary N) is 1. The van der Waals surface area contributed by atoms with Crippen LogP contribution in [0.25, 0.3) is 10.6 Å². The number of halogens is 1. The molecule has 0 spiro atoms. The number of nitrogens with zero attached hydrogens (tertiary/aromatic N) is 1. The van der Waals surface area contributed by atoms with Crippen LogP contribution in [0.5, 0.6) is 5.75 Å². The highest BCUT2D eigenvalue weighted by molar-refractivity contribution is 7.13. The lowest BCUT2D eigenvalue weighted by Gasteiger charge is -2.05. The van der Waals surface area contributed by atoms with Gasteiger partial charge in [-0.05, 0) is 36.2 Å². The number of ether oxygens (including phenoxy) is 1. The molecule has 0 saturated carbocycles. The minimum atomic E-state index is -0.296. The molecule has 0 unspecified atom stereocenters. The molecule has 3 aromatic rings. The molecule has 26 heavy (non-hydrogen) atoms. The molecule has 0 fully saturated rings. The second kappa shape index (κ2) is 8.58. The summed E-state index contributed by atoms with van der Waals surface area (Å²) in [6.45, 7) is 0.562. The predicted octanol–water partition coefficient (Wildman–Crippen LogP) is 3.86. The van der Waals surface area contributed by atoms with Crippen LogP contribution in [0.15, 0.2) is 53.9 Å². The lowest BCUT2D eigenvalue weighted by Crippen LogP contribution is -2.27. The van der Waals surface area contributed by atoms with Gasteiger partial charge in [0.05, 0.1) is 19.2 Å². The highest BCUT2D eigenvalue weighted by Crippen LogP contribution is 2.24. The third-order valence-corrected chi connectivity index (χ3v) is 4.80. The lowest BCUT2D eigenvalue weighted by molar-refractivity contribution is -0.120. The maximum Gasteiger partial charge on any atom is 0.226 e. The summed E-state index contributed by atoms with van der Waals surface area (Å²) in [6.07, 6.45) is 0.968. The normalized spacial score (nSPS) is 10.5. The number of aromatic nitrogens is 1. The molecule has 0 aliphatic heterocycles. The molecule has 0 aliphatic carbocycles. The van der Waals surface area contributed by atoms with Crippen molar-refractivity contribution in [2.24, 2.45) is 0 Å². The van der Waals surface area contributed by atoms with Gasteiger partial charge in [-0.2, -0.15) is 0 Å². The second-order valence-corrected chi connectivity index (χ2v) is 6.64. The van der Waals surface area contributed by atoms with Gasteiger partial charge in [-0.1, -0.05) is 24.3 Å². The molecule has 1 N–H and O–H groups in total. The fourth-order valence-electron chi connectivity index (χ4n) is 2.51. The third-order valence-electron chi connectivity index (χ3n) is 3.86. The quantitative estimate of drug-likeness (QED) is 0.687. The summed E-state index contributed by atoms with van der Waals surface area (Å²) in [4.78, 5) is 16.5. The molecule has 1 aromatic heterocycles. The van der Waals surface area contributed by atoms with Crippen LogP contribution in [-0.2, 0) is 17.6 Å². The molecule has 1 heterocycles. The molecule has 0 atom stereocenters. The first-order valence-electron chi connectivity index (χ1n) is 8.24. The van der Waals surface area contributed by atoms with Crippen LogP contribution in [-0.4, -0.2) is 24.5 Å². The predicted molar refractivity (Wildman–Crippen MR) is 101 cm³/mol. The summed E-state index contributed by atoms with van der Waals surface area (Å²) in [7, 11) is 1.63. The monoisotopic (exact) mass is 370 g/mol. The number of methoxy groups -OCH3 is 1. The van der Waals surface area contributed by atoms with Crippen LogP contribution in [0.1, 0.15) is 11.3 Å². The summed E-state index contributed by atoms with van der Waals surface area (Å²) >= 11 is 1.41. The highest BCUT2D eigenvalue weighted by atomic mass is 32.1. The van der Waals surface area contributed by atoms with E-state index in [2.05, 4.69) is 10.3 Å². The lowest BCUT2D eigenvalue weighted by atomic mass is 10.1. The van der Waals surface area contributed by atoms with Crippen molar-refractivity contribution in [3.05, 3.63) is 71.0 Å². The Kier molecular flexibility index (Phi) is 5.96. The molecule has 6 heteroatoms. The molecule has 1 amide bonds. The van der Waals surface area contributed by atoms with E-state index in [9.17, 15) is 9.18 Å². The number of amides is 1. The minimum Gasteiger partial charge on any atom is -0.497 e. The maximum atomic E-state index is 13.3. The van der Waals surface area contributed by atoms with Gasteiger partial charge < -0.3 is 10.1 Å². The number of hydrogen-bond donors (Lipinski definition) is 1. The smallest absolute Gasteiger partial charge is 0.226 e. The zero-order valence-electron chi connectivity index (χ0n) is 14.4. The van der Waals surface area contributed by atoms with Crippen molar-refractivity contribution in [3.63, 3.8) is 0 Å². The second-order valence-electron chi connectivity index (χ2n) is 5.78.